The molecule has 2 rings (SSSR count). The maximum absolute atomic E-state index is 11.8. The Kier molecular flexibility index (Phi) is 3.44. The number of rotatable bonds is 3. The SMILES string of the molecule is C[C@H](OC(=O)C(C)(C)C)[C@H]1O[C@@H]1c1ccccc1. The van der Waals surface area contributed by atoms with Crippen LogP contribution in [-0.4, -0.2) is 18.2 Å². The minimum atomic E-state index is -0.467. The van der Waals surface area contributed by atoms with Crippen LogP contribution >= 0.6 is 0 Å². The zero-order chi connectivity index (χ0) is 13.3. The molecule has 1 fully saturated rings. The second-order valence-corrected chi connectivity index (χ2v) is 5.79. The molecule has 18 heavy (non-hydrogen) atoms. The second kappa shape index (κ2) is 4.73. The maximum Gasteiger partial charge on any atom is 0.311 e. The van der Waals surface area contributed by atoms with Crippen LogP contribution < -0.4 is 0 Å². The lowest BCUT2D eigenvalue weighted by molar-refractivity contribution is -0.158. The van der Waals surface area contributed by atoms with Gasteiger partial charge in [0.15, 0.2) is 0 Å². The van der Waals surface area contributed by atoms with Gasteiger partial charge in [-0.2, -0.15) is 0 Å². The van der Waals surface area contributed by atoms with Crippen molar-refractivity contribution in [3.8, 4) is 0 Å². The van der Waals surface area contributed by atoms with E-state index in [0.29, 0.717) is 0 Å². The van der Waals surface area contributed by atoms with Crippen molar-refractivity contribution in [2.75, 3.05) is 0 Å². The lowest BCUT2D eigenvalue weighted by Crippen LogP contribution is -2.29. The molecule has 98 valence electrons. The van der Waals surface area contributed by atoms with Crippen LogP contribution in [0.25, 0.3) is 0 Å². The Morgan fingerprint density at radius 1 is 1.28 bits per heavy atom. The predicted molar refractivity (Wildman–Crippen MR) is 69.1 cm³/mol. The summed E-state index contributed by atoms with van der Waals surface area (Å²) in [5, 5.41) is 0. The zero-order valence-corrected chi connectivity index (χ0v) is 11.3. The lowest BCUT2D eigenvalue weighted by Gasteiger charge is -2.19. The number of esters is 1. The largest absolute Gasteiger partial charge is 0.459 e. The molecule has 3 heteroatoms. The summed E-state index contributed by atoms with van der Waals surface area (Å²) in [6.45, 7) is 7.44. The Hall–Kier alpha value is -1.35. The first kappa shape index (κ1) is 13.1. The lowest BCUT2D eigenvalue weighted by atomic mass is 9.97. The molecule has 0 aromatic heterocycles. The molecule has 0 amide bonds. The van der Waals surface area contributed by atoms with Crippen LogP contribution in [0.2, 0.25) is 0 Å². The minimum absolute atomic E-state index is 0.0151. The number of ether oxygens (including phenoxy) is 2. The molecule has 1 saturated heterocycles. The molecule has 1 aromatic carbocycles. The van der Waals surface area contributed by atoms with Gasteiger partial charge in [0, 0.05) is 0 Å². The first-order chi connectivity index (χ1) is 8.39. The van der Waals surface area contributed by atoms with Crippen LogP contribution in [0.15, 0.2) is 30.3 Å². The third kappa shape index (κ3) is 2.91. The zero-order valence-electron chi connectivity index (χ0n) is 11.3. The van der Waals surface area contributed by atoms with Gasteiger partial charge in [-0.15, -0.1) is 0 Å². The van der Waals surface area contributed by atoms with Gasteiger partial charge in [-0.3, -0.25) is 4.79 Å². The molecule has 0 aliphatic carbocycles. The monoisotopic (exact) mass is 248 g/mol. The highest BCUT2D eigenvalue weighted by molar-refractivity contribution is 5.75. The van der Waals surface area contributed by atoms with Crippen LogP contribution in [-0.2, 0) is 14.3 Å². The van der Waals surface area contributed by atoms with E-state index in [1.165, 1.54) is 0 Å². The van der Waals surface area contributed by atoms with Crippen molar-refractivity contribution >= 4 is 5.97 Å². The average molecular weight is 248 g/mol. The maximum atomic E-state index is 11.8. The van der Waals surface area contributed by atoms with E-state index in [-0.39, 0.29) is 24.3 Å². The van der Waals surface area contributed by atoms with Crippen molar-refractivity contribution in [1.82, 2.24) is 0 Å². The van der Waals surface area contributed by atoms with E-state index in [1.54, 1.807) is 0 Å². The van der Waals surface area contributed by atoms with Gasteiger partial charge in [0.2, 0.25) is 0 Å². The summed E-state index contributed by atoms with van der Waals surface area (Å²) in [6, 6.07) is 10.0. The molecule has 1 aliphatic rings. The van der Waals surface area contributed by atoms with E-state index < -0.39 is 5.41 Å². The number of hydrogen-bond acceptors (Lipinski definition) is 3. The summed E-state index contributed by atoms with van der Waals surface area (Å²) in [6.07, 6.45) is -0.158. The van der Waals surface area contributed by atoms with Crippen LogP contribution in [0.5, 0.6) is 0 Å². The van der Waals surface area contributed by atoms with Gasteiger partial charge in [0.1, 0.15) is 18.3 Å². The molecule has 0 unspecified atom stereocenters. The van der Waals surface area contributed by atoms with Gasteiger partial charge >= 0.3 is 5.97 Å². The fraction of sp³-hybridized carbons (Fsp3) is 0.533. The summed E-state index contributed by atoms with van der Waals surface area (Å²) in [7, 11) is 0. The number of carbonyl (C=O) groups excluding carboxylic acids is 1. The molecule has 0 radical (unpaired) electrons. The van der Waals surface area contributed by atoms with Gasteiger partial charge in [-0.25, -0.2) is 0 Å². The standard InChI is InChI=1S/C15H20O3/c1-10(17-14(16)15(2,3)4)12-13(18-12)11-8-6-5-7-9-11/h5-10,12-13H,1-4H3/t10-,12+,13+/m0/s1. The summed E-state index contributed by atoms with van der Waals surface area (Å²) in [5.41, 5.74) is 0.673. The Bertz CT molecular complexity index is 419. The van der Waals surface area contributed by atoms with Gasteiger partial charge in [-0.05, 0) is 33.3 Å². The Morgan fingerprint density at radius 3 is 2.44 bits per heavy atom. The Morgan fingerprint density at radius 2 is 1.89 bits per heavy atom. The number of hydrogen-bond donors (Lipinski definition) is 0. The smallest absolute Gasteiger partial charge is 0.311 e. The van der Waals surface area contributed by atoms with E-state index in [2.05, 4.69) is 0 Å². The number of benzene rings is 1. The third-order valence-corrected chi connectivity index (χ3v) is 3.02. The molecule has 0 saturated carbocycles. The molecular formula is C15H20O3. The first-order valence-corrected chi connectivity index (χ1v) is 6.31. The minimum Gasteiger partial charge on any atom is -0.459 e. The van der Waals surface area contributed by atoms with E-state index in [1.807, 2.05) is 58.0 Å². The van der Waals surface area contributed by atoms with Crippen LogP contribution in [0, 0.1) is 5.41 Å². The van der Waals surface area contributed by atoms with E-state index in [4.69, 9.17) is 9.47 Å². The molecule has 0 N–H and O–H groups in total. The van der Waals surface area contributed by atoms with E-state index in [9.17, 15) is 4.79 Å². The highest BCUT2D eigenvalue weighted by Gasteiger charge is 2.46. The van der Waals surface area contributed by atoms with Gasteiger partial charge < -0.3 is 9.47 Å². The summed E-state index contributed by atoms with van der Waals surface area (Å²) < 4.78 is 11.0. The van der Waals surface area contributed by atoms with Crippen molar-refractivity contribution < 1.29 is 14.3 Å². The predicted octanol–water partition coefficient (Wildman–Crippen LogP) is 3.10. The normalized spacial score (nSPS) is 24.4. The molecule has 0 spiro atoms. The van der Waals surface area contributed by atoms with Crippen molar-refractivity contribution in [2.45, 2.75) is 46.0 Å². The van der Waals surface area contributed by atoms with Crippen molar-refractivity contribution in [1.29, 1.82) is 0 Å². The number of epoxide rings is 1. The highest BCUT2D eigenvalue weighted by atomic mass is 16.6. The van der Waals surface area contributed by atoms with Gasteiger partial charge in [0.05, 0.1) is 5.41 Å². The number of carbonyl (C=O) groups is 1. The molecule has 0 bridgehead atoms. The van der Waals surface area contributed by atoms with Crippen molar-refractivity contribution in [3.05, 3.63) is 35.9 Å². The fourth-order valence-corrected chi connectivity index (χ4v) is 1.80. The Balaban J connectivity index is 1.90. The van der Waals surface area contributed by atoms with Crippen LogP contribution in [0.1, 0.15) is 39.4 Å². The summed E-state index contributed by atoms with van der Waals surface area (Å²) in [5.74, 6) is -0.183. The molecule has 1 aliphatic heterocycles. The summed E-state index contributed by atoms with van der Waals surface area (Å²) >= 11 is 0. The average Bonchev–Trinajstić information content (AvgIpc) is 3.08. The summed E-state index contributed by atoms with van der Waals surface area (Å²) in [4.78, 5) is 11.8. The Labute approximate surface area is 108 Å². The molecule has 3 atom stereocenters. The van der Waals surface area contributed by atoms with Crippen molar-refractivity contribution in [2.24, 2.45) is 5.41 Å². The topological polar surface area (TPSA) is 38.8 Å². The van der Waals surface area contributed by atoms with Crippen LogP contribution in [0.4, 0.5) is 0 Å². The fourth-order valence-electron chi connectivity index (χ4n) is 1.80. The first-order valence-electron chi connectivity index (χ1n) is 6.31. The molecule has 1 heterocycles. The van der Waals surface area contributed by atoms with E-state index in [0.717, 1.165) is 5.56 Å². The highest BCUT2D eigenvalue weighted by Crippen LogP contribution is 2.41. The van der Waals surface area contributed by atoms with Gasteiger partial charge in [0.25, 0.3) is 0 Å². The molecule has 1 aromatic rings. The quantitative estimate of drug-likeness (QED) is 0.609. The van der Waals surface area contributed by atoms with Crippen molar-refractivity contribution in [3.63, 3.8) is 0 Å². The van der Waals surface area contributed by atoms with Crippen LogP contribution in [0.3, 0.4) is 0 Å². The second-order valence-electron chi connectivity index (χ2n) is 5.79. The molecular weight excluding hydrogens is 228 g/mol. The third-order valence-electron chi connectivity index (χ3n) is 3.02. The molecule has 3 nitrogen and oxygen atoms in total. The van der Waals surface area contributed by atoms with E-state index >= 15 is 0 Å². The van der Waals surface area contributed by atoms with Gasteiger partial charge in [-0.1, -0.05) is 30.3 Å².